The summed E-state index contributed by atoms with van der Waals surface area (Å²) in [6.07, 6.45) is 0.864. The molecule has 1 fully saturated rings. The fourth-order valence-electron chi connectivity index (χ4n) is 4.34. The monoisotopic (exact) mass is 480 g/mol. The second-order valence-corrected chi connectivity index (χ2v) is 10.4. The van der Waals surface area contributed by atoms with E-state index in [0.717, 1.165) is 5.69 Å². The average Bonchev–Trinajstić information content (AvgIpc) is 3.14. The summed E-state index contributed by atoms with van der Waals surface area (Å²) >= 11 is 0. The zero-order valence-corrected chi connectivity index (χ0v) is 20.3. The highest BCUT2D eigenvalue weighted by atomic mass is 32.2. The van der Waals surface area contributed by atoms with Gasteiger partial charge in [-0.1, -0.05) is 18.2 Å². The largest absolute Gasteiger partial charge is 0.326 e. The van der Waals surface area contributed by atoms with Crippen molar-refractivity contribution in [3.63, 3.8) is 0 Å². The number of aromatic nitrogens is 2. The lowest BCUT2D eigenvalue weighted by Crippen LogP contribution is -2.41. The molecule has 0 radical (unpaired) electrons. The standard InChI is InChI=1S/C25H28N4O4S/c1-17-24(18(2)29(27-17)23-7-5-4-6-8-23)34(32,33)28-15-13-21(14-16-28)25(31)26-22-11-9-20(10-12-22)19(3)30/h4-12,21H,13-16H2,1-3H3,(H,26,31). The Morgan fingerprint density at radius 2 is 1.59 bits per heavy atom. The Kier molecular flexibility index (Phi) is 6.67. The molecule has 1 saturated heterocycles. The quantitative estimate of drug-likeness (QED) is 0.542. The third-order valence-electron chi connectivity index (χ3n) is 6.21. The molecule has 34 heavy (non-hydrogen) atoms. The Balaban J connectivity index is 1.44. The number of sulfonamides is 1. The number of Topliss-reactive ketones (excluding diaryl/α,β-unsaturated/α-hetero) is 1. The molecule has 3 aromatic rings. The molecule has 0 unspecified atom stereocenters. The number of hydrogen-bond donors (Lipinski definition) is 1. The van der Waals surface area contributed by atoms with E-state index in [2.05, 4.69) is 10.4 Å². The maximum Gasteiger partial charge on any atom is 0.246 e. The fourth-order valence-corrected chi connectivity index (χ4v) is 6.17. The van der Waals surface area contributed by atoms with Crippen LogP contribution in [0.3, 0.4) is 0 Å². The van der Waals surface area contributed by atoms with Crippen molar-refractivity contribution >= 4 is 27.4 Å². The summed E-state index contributed by atoms with van der Waals surface area (Å²) in [5, 5.41) is 7.35. The highest BCUT2D eigenvalue weighted by Crippen LogP contribution is 2.29. The zero-order chi connectivity index (χ0) is 24.5. The maximum atomic E-state index is 13.5. The normalized spacial score (nSPS) is 15.3. The molecule has 2 heterocycles. The van der Waals surface area contributed by atoms with Crippen LogP contribution in [0, 0.1) is 19.8 Å². The number of nitrogens with one attached hydrogen (secondary N) is 1. The molecule has 0 atom stereocenters. The van der Waals surface area contributed by atoms with Crippen LogP contribution in [0.5, 0.6) is 0 Å². The van der Waals surface area contributed by atoms with E-state index in [1.165, 1.54) is 11.2 Å². The Labute approximate surface area is 199 Å². The smallest absolute Gasteiger partial charge is 0.246 e. The molecule has 1 amide bonds. The molecule has 178 valence electrons. The topological polar surface area (TPSA) is 101 Å². The van der Waals surface area contributed by atoms with E-state index in [1.54, 1.807) is 42.8 Å². The second kappa shape index (κ2) is 9.52. The van der Waals surface area contributed by atoms with Crippen molar-refractivity contribution < 1.29 is 18.0 Å². The number of ketones is 1. The third-order valence-corrected chi connectivity index (χ3v) is 8.36. The molecule has 2 aromatic carbocycles. The summed E-state index contributed by atoms with van der Waals surface area (Å²) in [4.78, 5) is 24.4. The summed E-state index contributed by atoms with van der Waals surface area (Å²) in [6, 6.07) is 16.2. The molecule has 1 aromatic heterocycles. The molecule has 0 aliphatic carbocycles. The number of anilines is 1. The number of rotatable bonds is 6. The Hall–Kier alpha value is -3.30. The van der Waals surface area contributed by atoms with Gasteiger partial charge in [-0.2, -0.15) is 9.40 Å². The lowest BCUT2D eigenvalue weighted by Gasteiger charge is -2.30. The lowest BCUT2D eigenvalue weighted by atomic mass is 9.97. The van der Waals surface area contributed by atoms with Crippen molar-refractivity contribution in [3.8, 4) is 5.69 Å². The summed E-state index contributed by atoms with van der Waals surface area (Å²) in [6.45, 7) is 5.48. The van der Waals surface area contributed by atoms with Gasteiger partial charge in [-0.15, -0.1) is 0 Å². The second-order valence-electron chi connectivity index (χ2n) is 8.55. The van der Waals surface area contributed by atoms with E-state index in [1.807, 2.05) is 30.3 Å². The van der Waals surface area contributed by atoms with Gasteiger partial charge in [0.2, 0.25) is 15.9 Å². The highest BCUT2D eigenvalue weighted by molar-refractivity contribution is 7.89. The van der Waals surface area contributed by atoms with Gasteiger partial charge >= 0.3 is 0 Å². The van der Waals surface area contributed by atoms with E-state index >= 15 is 0 Å². The molecule has 0 saturated carbocycles. The Morgan fingerprint density at radius 3 is 2.18 bits per heavy atom. The molecule has 0 spiro atoms. The van der Waals surface area contributed by atoms with E-state index in [9.17, 15) is 18.0 Å². The van der Waals surface area contributed by atoms with Crippen molar-refractivity contribution in [1.29, 1.82) is 0 Å². The Morgan fingerprint density at radius 1 is 0.971 bits per heavy atom. The van der Waals surface area contributed by atoms with Crippen LogP contribution < -0.4 is 5.32 Å². The van der Waals surface area contributed by atoms with Crippen LogP contribution in [-0.2, 0) is 14.8 Å². The lowest BCUT2D eigenvalue weighted by molar-refractivity contribution is -0.120. The molecule has 1 aliphatic rings. The van der Waals surface area contributed by atoms with Gasteiger partial charge in [-0.25, -0.2) is 13.1 Å². The molecule has 1 aliphatic heterocycles. The Bertz CT molecular complexity index is 1310. The molecular formula is C25H28N4O4S. The van der Waals surface area contributed by atoms with Gasteiger partial charge in [-0.05, 0) is 70.0 Å². The number of hydrogen-bond acceptors (Lipinski definition) is 5. The minimum absolute atomic E-state index is 0.0359. The summed E-state index contributed by atoms with van der Waals surface area (Å²) < 4.78 is 30.0. The van der Waals surface area contributed by atoms with Crippen molar-refractivity contribution in [3.05, 3.63) is 71.5 Å². The van der Waals surface area contributed by atoms with Gasteiger partial charge in [0.25, 0.3) is 0 Å². The first kappa shape index (κ1) is 23.8. The highest BCUT2D eigenvalue weighted by Gasteiger charge is 2.35. The van der Waals surface area contributed by atoms with Crippen molar-refractivity contribution in [2.24, 2.45) is 5.92 Å². The van der Waals surface area contributed by atoms with Gasteiger partial charge in [0.05, 0.1) is 17.1 Å². The van der Waals surface area contributed by atoms with Gasteiger partial charge in [-0.3, -0.25) is 9.59 Å². The van der Waals surface area contributed by atoms with E-state index in [4.69, 9.17) is 0 Å². The van der Waals surface area contributed by atoms with Crippen LogP contribution in [0.1, 0.15) is 41.5 Å². The third kappa shape index (κ3) is 4.67. The van der Waals surface area contributed by atoms with Gasteiger partial charge in [0.1, 0.15) is 4.90 Å². The van der Waals surface area contributed by atoms with Crippen LogP contribution in [0.4, 0.5) is 5.69 Å². The molecular weight excluding hydrogens is 452 g/mol. The molecule has 9 heteroatoms. The summed E-state index contributed by atoms with van der Waals surface area (Å²) in [5.74, 6) is -0.462. The first-order valence-electron chi connectivity index (χ1n) is 11.2. The van der Waals surface area contributed by atoms with Crippen LogP contribution >= 0.6 is 0 Å². The average molecular weight is 481 g/mol. The van der Waals surface area contributed by atoms with E-state index in [-0.39, 0.29) is 35.6 Å². The molecule has 8 nitrogen and oxygen atoms in total. The number of piperidine rings is 1. The van der Waals surface area contributed by atoms with E-state index < -0.39 is 10.0 Å². The minimum Gasteiger partial charge on any atom is -0.326 e. The number of aryl methyl sites for hydroxylation is 1. The van der Waals surface area contributed by atoms with Crippen LogP contribution in [0.15, 0.2) is 59.5 Å². The number of para-hydroxylation sites is 1. The van der Waals surface area contributed by atoms with Crippen molar-refractivity contribution in [2.45, 2.75) is 38.5 Å². The van der Waals surface area contributed by atoms with Crippen LogP contribution in [-0.4, -0.2) is 47.3 Å². The maximum absolute atomic E-state index is 13.5. The number of amides is 1. The van der Waals surface area contributed by atoms with Crippen molar-refractivity contribution in [1.82, 2.24) is 14.1 Å². The first-order chi connectivity index (χ1) is 16.2. The molecule has 1 N–H and O–H groups in total. The predicted octanol–water partition coefficient (Wildman–Crippen LogP) is 3.73. The molecule has 4 rings (SSSR count). The van der Waals surface area contributed by atoms with Gasteiger partial charge in [0, 0.05) is 30.3 Å². The zero-order valence-electron chi connectivity index (χ0n) is 19.5. The van der Waals surface area contributed by atoms with E-state index in [0.29, 0.717) is 35.5 Å². The van der Waals surface area contributed by atoms with Gasteiger partial charge in [0.15, 0.2) is 5.78 Å². The fraction of sp³-hybridized carbons (Fsp3) is 0.320. The SMILES string of the molecule is CC(=O)c1ccc(NC(=O)C2CCN(S(=O)(=O)c3c(C)nn(-c4ccccc4)c3C)CC2)cc1. The van der Waals surface area contributed by atoms with Crippen molar-refractivity contribution in [2.75, 3.05) is 18.4 Å². The predicted molar refractivity (Wildman–Crippen MR) is 130 cm³/mol. The van der Waals surface area contributed by atoms with Crippen LogP contribution in [0.2, 0.25) is 0 Å². The summed E-state index contributed by atoms with van der Waals surface area (Å²) in [7, 11) is -3.75. The number of nitrogens with zero attached hydrogens (tertiary/aromatic N) is 3. The minimum atomic E-state index is -3.75. The summed E-state index contributed by atoms with van der Waals surface area (Å²) in [5.41, 5.74) is 3.02. The number of carbonyl (C=O) groups is 2. The van der Waals surface area contributed by atoms with Crippen LogP contribution in [0.25, 0.3) is 5.69 Å². The first-order valence-corrected chi connectivity index (χ1v) is 12.7. The number of benzene rings is 2. The van der Waals surface area contributed by atoms with Gasteiger partial charge < -0.3 is 5.32 Å². The number of carbonyl (C=O) groups excluding carboxylic acids is 2. The molecule has 0 bridgehead atoms.